The quantitative estimate of drug-likeness (QED) is 0.0805. The van der Waals surface area contributed by atoms with E-state index in [2.05, 4.69) is 136 Å². The molecule has 4 aromatic rings. The minimum absolute atomic E-state index is 0.163. The first-order valence-electron chi connectivity index (χ1n) is 20.2. The van der Waals surface area contributed by atoms with Gasteiger partial charge >= 0.3 is 361 Å². The Hall–Kier alpha value is -4.99. The number of imidazole rings is 1. The Bertz CT molecular complexity index is 2860. The molecule has 3 aromatic carbocycles. The molecule has 0 saturated carbocycles. The second-order valence-electron chi connectivity index (χ2n) is 16.3. The molecule has 1 aliphatic rings. The van der Waals surface area contributed by atoms with Crippen LogP contribution in [0.5, 0.6) is 0 Å². The van der Waals surface area contributed by atoms with Crippen molar-refractivity contribution < 1.29 is 5.11 Å². The van der Waals surface area contributed by atoms with Crippen molar-refractivity contribution in [3.63, 3.8) is 0 Å². The van der Waals surface area contributed by atoms with Crippen molar-refractivity contribution in [2.45, 2.75) is 19.8 Å². The van der Waals surface area contributed by atoms with Crippen molar-refractivity contribution in [2.24, 2.45) is 0 Å². The van der Waals surface area contributed by atoms with Gasteiger partial charge < -0.3 is 0 Å². The third kappa shape index (κ3) is 8.03. The van der Waals surface area contributed by atoms with Crippen molar-refractivity contribution in [2.75, 3.05) is 0 Å². The molecule has 0 bridgehead atoms. The monoisotopic (exact) mass is 736 g/mol. The summed E-state index contributed by atoms with van der Waals surface area (Å²) >= 11 is 0. The summed E-state index contributed by atoms with van der Waals surface area (Å²) in [5.74, 6) is 5.90. The first-order chi connectivity index (χ1) is 27.4. The summed E-state index contributed by atoms with van der Waals surface area (Å²) in [7, 11) is 33.3. The van der Waals surface area contributed by atoms with Crippen LogP contribution in [-0.4, -0.2) is 130 Å². The average molecular weight is 734 g/mol. The van der Waals surface area contributed by atoms with Gasteiger partial charge in [-0.25, -0.2) is 0 Å². The number of hydrogen-bond donors (Lipinski definition) is 1. The van der Waals surface area contributed by atoms with E-state index in [1.807, 2.05) is 44.2 Å². The van der Waals surface area contributed by atoms with Crippen LogP contribution in [0.15, 0.2) is 115 Å². The number of hydrogen-bond acceptors (Lipinski definition) is 2. The minimum atomic E-state index is -0.163. The number of para-hydroxylation sites is 3. The Morgan fingerprint density at radius 1 is 0.741 bits per heavy atom. The fourth-order valence-corrected chi connectivity index (χ4v) is 8.35. The molecular formula is C41H46B14N2O. The molecule has 17 heteroatoms. The zero-order valence-corrected chi connectivity index (χ0v) is 37.3. The van der Waals surface area contributed by atoms with Crippen molar-refractivity contribution in [3.8, 4) is 30.4 Å². The number of aliphatic hydroxyl groups is 1. The second kappa shape index (κ2) is 17.9. The van der Waals surface area contributed by atoms with Crippen molar-refractivity contribution in [1.29, 1.82) is 0 Å². The van der Waals surface area contributed by atoms with E-state index >= 15 is 0 Å². The zero-order chi connectivity index (χ0) is 42.9. The van der Waals surface area contributed by atoms with Crippen LogP contribution in [-0.2, 0) is 0 Å². The van der Waals surface area contributed by atoms with Crippen LogP contribution in [0.3, 0.4) is 0 Å². The van der Waals surface area contributed by atoms with E-state index in [0.29, 0.717) is 17.8 Å². The van der Waals surface area contributed by atoms with Crippen LogP contribution in [0.1, 0.15) is 25.6 Å². The number of fused-ring (bicyclic) bond motifs is 2. The van der Waals surface area contributed by atoms with Crippen molar-refractivity contribution in [3.05, 3.63) is 131 Å². The molecule has 0 aliphatic heterocycles. The molecule has 268 valence electrons. The van der Waals surface area contributed by atoms with Gasteiger partial charge in [0.25, 0.3) is 0 Å². The Labute approximate surface area is 359 Å². The van der Waals surface area contributed by atoms with E-state index in [4.69, 9.17) is 25.3 Å². The Morgan fingerprint density at radius 3 is 1.91 bits per heavy atom. The SMILES string of the molecule is B=C(C1=c2c(B)c(B)c(B)c(B)c2=C(C/C(B)=C(B)\C(B)=C(\B)C#C)C/C1=C(B)\C(=C(\O)C#C)c1nc2ccccc2n1-c1ccccc1)/C(B)=C(B)\C(B)=C(\B)C. The van der Waals surface area contributed by atoms with Gasteiger partial charge in [0.1, 0.15) is 0 Å². The Kier molecular flexibility index (Phi) is 13.6. The van der Waals surface area contributed by atoms with Crippen LogP contribution in [0, 0.1) is 24.7 Å². The standard InChI is InChI=1S/C41H46B14N2O/c1-4-21(43)32(47)33(48)22(44)16-18-15-20(27(35(50)39(54)37(52)30(45)17(3)42)29-26(18)34(49)38(53)40(55)36(29)51)31(46)28(25(58)5-2)41-56-23-13-9-10-14-24(23)57(41)19-11-7-6-8-12-19/h1-2,6-14,50,58H,15-16,42-49,51-55H2,3H3/b28-25-,30-17-,31-20-,32-21-,33-22-,39-37-. The van der Waals surface area contributed by atoms with Gasteiger partial charge in [-0.05, 0) is 0 Å². The van der Waals surface area contributed by atoms with E-state index in [0.717, 1.165) is 61.6 Å². The van der Waals surface area contributed by atoms with E-state index < -0.39 is 0 Å². The van der Waals surface area contributed by atoms with E-state index in [9.17, 15) is 5.11 Å². The van der Waals surface area contributed by atoms with Crippen LogP contribution in [0.25, 0.3) is 33.4 Å². The van der Waals surface area contributed by atoms with E-state index in [1.165, 1.54) is 65.2 Å². The van der Waals surface area contributed by atoms with Gasteiger partial charge in [0.05, 0.1) is 0 Å². The van der Waals surface area contributed by atoms with Crippen molar-refractivity contribution >= 4 is 165 Å². The fourth-order valence-electron chi connectivity index (χ4n) is 8.35. The molecule has 0 amide bonds. The maximum absolute atomic E-state index is 12.0. The Morgan fingerprint density at radius 2 is 1.33 bits per heavy atom. The number of nitrogens with zero attached hydrogens (tertiary/aromatic N) is 2. The van der Waals surface area contributed by atoms with Gasteiger partial charge in [-0.15, -0.1) is 0 Å². The summed E-state index contributed by atoms with van der Waals surface area (Å²) in [4.78, 5) is 5.22. The molecule has 1 aliphatic carbocycles. The molecule has 1 heterocycles. The first-order valence-corrected chi connectivity index (χ1v) is 20.2. The fraction of sp³-hybridized carbons (Fsp3) is 0.0732. The van der Waals surface area contributed by atoms with Crippen LogP contribution in [0.4, 0.5) is 0 Å². The predicted molar refractivity (Wildman–Crippen MR) is 293 cm³/mol. The zero-order valence-electron chi connectivity index (χ0n) is 37.3. The molecule has 0 saturated heterocycles. The molecule has 58 heavy (non-hydrogen) atoms. The molecule has 5 rings (SSSR count). The molecule has 1 N–H and O–H groups in total. The first kappa shape index (κ1) is 44.1. The van der Waals surface area contributed by atoms with Gasteiger partial charge in [0.15, 0.2) is 0 Å². The maximum atomic E-state index is 12.0. The normalized spacial score (nSPS) is 15.8. The molecule has 0 unspecified atom stereocenters. The summed E-state index contributed by atoms with van der Waals surface area (Å²) in [6.07, 6.45) is 13.4. The number of allylic oxidation sites excluding steroid dienone is 12. The number of rotatable bonds is 9. The van der Waals surface area contributed by atoms with Gasteiger partial charge in [0.2, 0.25) is 0 Å². The third-order valence-electron chi connectivity index (χ3n) is 13.1. The molecule has 3 nitrogen and oxygen atoms in total. The third-order valence-corrected chi connectivity index (χ3v) is 13.1. The molecule has 0 spiro atoms. The van der Waals surface area contributed by atoms with Crippen LogP contribution < -0.4 is 32.3 Å². The number of benzene rings is 3. The number of aromatic nitrogens is 2. The van der Waals surface area contributed by atoms with E-state index in [-0.39, 0.29) is 5.76 Å². The summed E-state index contributed by atoms with van der Waals surface area (Å²) in [5.41, 5.74) is 22.9. The van der Waals surface area contributed by atoms with Gasteiger partial charge in [0, 0.05) is 0 Å². The van der Waals surface area contributed by atoms with Crippen molar-refractivity contribution in [1.82, 2.24) is 9.55 Å². The summed E-state index contributed by atoms with van der Waals surface area (Å²) in [6.45, 7) is 2.16. The topological polar surface area (TPSA) is 38.1 Å². The van der Waals surface area contributed by atoms with Crippen LogP contribution in [0.2, 0.25) is 0 Å². The molecule has 0 fully saturated rings. The van der Waals surface area contributed by atoms with Crippen LogP contribution >= 0.6 is 0 Å². The molecule has 0 atom stereocenters. The Balaban J connectivity index is 2.05. The summed E-state index contributed by atoms with van der Waals surface area (Å²) < 4.78 is 2.10. The molecule has 0 radical (unpaired) electrons. The van der Waals surface area contributed by atoms with Gasteiger partial charge in [-0.1, -0.05) is 0 Å². The summed E-state index contributed by atoms with van der Waals surface area (Å²) in [5, 5.41) is 14.5. The number of aliphatic hydroxyl groups excluding tert-OH is 1. The van der Waals surface area contributed by atoms with Gasteiger partial charge in [-0.2, -0.15) is 0 Å². The van der Waals surface area contributed by atoms with Gasteiger partial charge in [-0.3, -0.25) is 0 Å². The molecular weight excluding hydrogens is 688 g/mol. The average Bonchev–Trinajstić information content (AvgIpc) is 3.61. The predicted octanol–water partition coefficient (Wildman–Crippen LogP) is -9.72. The summed E-state index contributed by atoms with van der Waals surface area (Å²) in [6, 6.07) is 18.2. The van der Waals surface area contributed by atoms with E-state index in [1.54, 1.807) is 0 Å². The number of terminal acetylenes is 2. The molecule has 1 aromatic heterocycles. The second-order valence-corrected chi connectivity index (χ2v) is 16.3.